The predicted octanol–water partition coefficient (Wildman–Crippen LogP) is 5.15. The molecule has 4 rings (SSSR count). The van der Waals surface area contributed by atoms with Crippen LogP contribution >= 0.6 is 11.6 Å². The molecular formula is C22H17ClN4O3. The van der Waals surface area contributed by atoms with Gasteiger partial charge in [0.1, 0.15) is 5.75 Å². The Kier molecular flexibility index (Phi) is 6.01. The molecule has 0 aliphatic carbocycles. The molecule has 0 bridgehead atoms. The van der Waals surface area contributed by atoms with Crippen LogP contribution in [0.25, 0.3) is 11.4 Å². The highest BCUT2D eigenvalue weighted by Gasteiger charge is 2.13. The van der Waals surface area contributed by atoms with Crippen molar-refractivity contribution in [2.75, 3.05) is 5.32 Å². The molecule has 0 aliphatic rings. The Morgan fingerprint density at radius 3 is 2.77 bits per heavy atom. The van der Waals surface area contributed by atoms with E-state index in [1.54, 1.807) is 36.7 Å². The van der Waals surface area contributed by atoms with E-state index in [1.807, 2.05) is 36.4 Å². The lowest BCUT2D eigenvalue weighted by Crippen LogP contribution is -2.13. The predicted molar refractivity (Wildman–Crippen MR) is 112 cm³/mol. The third kappa shape index (κ3) is 5.01. The lowest BCUT2D eigenvalue weighted by Gasteiger charge is -2.12. The van der Waals surface area contributed by atoms with E-state index in [0.717, 1.165) is 5.56 Å². The zero-order valence-electron chi connectivity index (χ0n) is 15.8. The van der Waals surface area contributed by atoms with E-state index in [2.05, 4.69) is 20.4 Å². The van der Waals surface area contributed by atoms with Crippen LogP contribution in [0.15, 0.2) is 77.6 Å². The van der Waals surface area contributed by atoms with Gasteiger partial charge in [-0.15, -0.1) is 0 Å². The summed E-state index contributed by atoms with van der Waals surface area (Å²) in [6, 6.07) is 18.0. The standard InChI is InChI=1S/C22H17ClN4O3/c23-16-8-9-19(29-17-6-2-1-3-7-17)18(13-16)25-20(28)10-11-21-26-22(27-30-21)15-5-4-12-24-14-15/h1-9,12-14H,10-11H2,(H,25,28). The van der Waals surface area contributed by atoms with Crippen LogP contribution in [0.3, 0.4) is 0 Å². The number of hydrogen-bond acceptors (Lipinski definition) is 6. The first kappa shape index (κ1) is 19.6. The van der Waals surface area contributed by atoms with Crippen LogP contribution in [-0.2, 0) is 11.2 Å². The van der Waals surface area contributed by atoms with Crippen LogP contribution < -0.4 is 10.1 Å². The summed E-state index contributed by atoms with van der Waals surface area (Å²) in [4.78, 5) is 20.8. The number of benzene rings is 2. The minimum absolute atomic E-state index is 0.159. The number of nitrogens with one attached hydrogen (secondary N) is 1. The van der Waals surface area contributed by atoms with Crippen molar-refractivity contribution in [1.82, 2.24) is 15.1 Å². The quantitative estimate of drug-likeness (QED) is 0.444. The summed E-state index contributed by atoms with van der Waals surface area (Å²) < 4.78 is 11.1. The van der Waals surface area contributed by atoms with Crippen molar-refractivity contribution in [2.45, 2.75) is 12.8 Å². The first-order chi connectivity index (χ1) is 14.7. The van der Waals surface area contributed by atoms with E-state index in [0.29, 0.717) is 40.3 Å². The second-order valence-electron chi connectivity index (χ2n) is 6.36. The fraction of sp³-hybridized carbons (Fsp3) is 0.0909. The maximum absolute atomic E-state index is 12.5. The molecule has 4 aromatic rings. The Bertz CT molecular complexity index is 1130. The third-order valence-corrected chi connectivity index (χ3v) is 4.38. The van der Waals surface area contributed by atoms with Gasteiger partial charge in [0.05, 0.1) is 5.69 Å². The van der Waals surface area contributed by atoms with E-state index < -0.39 is 0 Å². The summed E-state index contributed by atoms with van der Waals surface area (Å²) in [5.41, 5.74) is 1.23. The van der Waals surface area contributed by atoms with Crippen molar-refractivity contribution in [2.24, 2.45) is 0 Å². The molecule has 0 fully saturated rings. The number of aryl methyl sites for hydroxylation is 1. The highest BCUT2D eigenvalue weighted by Crippen LogP contribution is 2.32. The van der Waals surface area contributed by atoms with Crippen LogP contribution in [0.2, 0.25) is 5.02 Å². The van der Waals surface area contributed by atoms with E-state index >= 15 is 0 Å². The van der Waals surface area contributed by atoms with Crippen LogP contribution in [-0.4, -0.2) is 21.0 Å². The van der Waals surface area contributed by atoms with Gasteiger partial charge in [0.2, 0.25) is 17.6 Å². The highest BCUT2D eigenvalue weighted by molar-refractivity contribution is 6.31. The van der Waals surface area contributed by atoms with Gasteiger partial charge in [-0.25, -0.2) is 0 Å². The molecule has 1 amide bonds. The molecule has 2 aromatic heterocycles. The molecule has 0 saturated carbocycles. The van der Waals surface area contributed by atoms with Gasteiger partial charge >= 0.3 is 0 Å². The number of nitrogens with zero attached hydrogens (tertiary/aromatic N) is 3. The maximum atomic E-state index is 12.5. The van der Waals surface area contributed by atoms with Gasteiger partial charge in [-0.3, -0.25) is 9.78 Å². The summed E-state index contributed by atoms with van der Waals surface area (Å²) >= 11 is 6.09. The molecule has 30 heavy (non-hydrogen) atoms. The normalized spacial score (nSPS) is 10.6. The van der Waals surface area contributed by atoms with E-state index in [9.17, 15) is 4.79 Å². The lowest BCUT2D eigenvalue weighted by molar-refractivity contribution is -0.116. The van der Waals surface area contributed by atoms with E-state index in [1.165, 1.54) is 0 Å². The molecule has 150 valence electrons. The minimum atomic E-state index is -0.226. The van der Waals surface area contributed by atoms with E-state index in [-0.39, 0.29) is 12.3 Å². The summed E-state index contributed by atoms with van der Waals surface area (Å²) in [7, 11) is 0. The van der Waals surface area contributed by atoms with Crippen molar-refractivity contribution in [3.63, 3.8) is 0 Å². The number of hydrogen-bond donors (Lipinski definition) is 1. The molecule has 0 atom stereocenters. The van der Waals surface area contributed by atoms with Crippen LogP contribution in [0.5, 0.6) is 11.5 Å². The van der Waals surface area contributed by atoms with Crippen molar-refractivity contribution < 1.29 is 14.1 Å². The van der Waals surface area contributed by atoms with Gasteiger partial charge in [-0.05, 0) is 42.5 Å². The first-order valence-electron chi connectivity index (χ1n) is 9.23. The number of carbonyl (C=O) groups excluding carboxylic acids is 1. The summed E-state index contributed by atoms with van der Waals surface area (Å²) in [6.07, 6.45) is 3.77. The first-order valence-corrected chi connectivity index (χ1v) is 9.60. The maximum Gasteiger partial charge on any atom is 0.227 e. The van der Waals surface area contributed by atoms with Crippen molar-refractivity contribution in [1.29, 1.82) is 0 Å². The molecule has 8 heteroatoms. The van der Waals surface area contributed by atoms with Gasteiger partial charge in [0, 0.05) is 35.8 Å². The van der Waals surface area contributed by atoms with Crippen LogP contribution in [0.1, 0.15) is 12.3 Å². The third-order valence-electron chi connectivity index (χ3n) is 4.14. The summed E-state index contributed by atoms with van der Waals surface area (Å²) in [5, 5.41) is 7.25. The fourth-order valence-electron chi connectivity index (χ4n) is 2.71. The van der Waals surface area contributed by atoms with E-state index in [4.69, 9.17) is 20.9 Å². The van der Waals surface area contributed by atoms with Gasteiger partial charge in [-0.1, -0.05) is 35.0 Å². The molecule has 0 saturated heterocycles. The smallest absolute Gasteiger partial charge is 0.227 e. The van der Waals surface area contributed by atoms with Gasteiger partial charge < -0.3 is 14.6 Å². The number of halogens is 1. The number of anilines is 1. The van der Waals surface area contributed by atoms with Crippen LogP contribution in [0, 0.1) is 0 Å². The Hall–Kier alpha value is -3.71. The number of para-hydroxylation sites is 1. The molecule has 2 heterocycles. The van der Waals surface area contributed by atoms with Crippen molar-refractivity contribution in [3.05, 3.63) is 84.0 Å². The number of amides is 1. The zero-order chi connectivity index (χ0) is 20.8. The molecular weight excluding hydrogens is 404 g/mol. The second kappa shape index (κ2) is 9.19. The molecule has 0 radical (unpaired) electrons. The highest BCUT2D eigenvalue weighted by atomic mass is 35.5. The fourth-order valence-corrected chi connectivity index (χ4v) is 2.88. The Labute approximate surface area is 177 Å². The Morgan fingerprint density at radius 1 is 1.10 bits per heavy atom. The van der Waals surface area contributed by atoms with Crippen molar-refractivity contribution in [3.8, 4) is 22.9 Å². The molecule has 0 spiro atoms. The molecule has 1 N–H and O–H groups in total. The number of ether oxygens (including phenoxy) is 1. The monoisotopic (exact) mass is 420 g/mol. The summed E-state index contributed by atoms with van der Waals surface area (Å²) in [6.45, 7) is 0. The zero-order valence-corrected chi connectivity index (χ0v) is 16.5. The Morgan fingerprint density at radius 2 is 1.97 bits per heavy atom. The topological polar surface area (TPSA) is 90.1 Å². The molecule has 2 aromatic carbocycles. The van der Waals surface area contributed by atoms with Gasteiger partial charge in [-0.2, -0.15) is 4.98 Å². The van der Waals surface area contributed by atoms with Crippen molar-refractivity contribution >= 4 is 23.2 Å². The SMILES string of the molecule is O=C(CCc1nc(-c2cccnc2)no1)Nc1cc(Cl)ccc1Oc1ccccc1. The second-order valence-corrected chi connectivity index (χ2v) is 6.79. The number of pyridine rings is 1. The number of aromatic nitrogens is 3. The number of carbonyl (C=O) groups is 1. The minimum Gasteiger partial charge on any atom is -0.455 e. The van der Waals surface area contributed by atoms with Gasteiger partial charge in [0.25, 0.3) is 0 Å². The largest absolute Gasteiger partial charge is 0.455 e. The molecule has 0 aliphatic heterocycles. The average molecular weight is 421 g/mol. The Balaban J connectivity index is 1.40. The molecule has 7 nitrogen and oxygen atoms in total. The number of rotatable bonds is 7. The van der Waals surface area contributed by atoms with Gasteiger partial charge in [0.15, 0.2) is 5.75 Å². The lowest BCUT2D eigenvalue weighted by atomic mass is 10.2. The molecule has 0 unspecified atom stereocenters. The average Bonchev–Trinajstić information content (AvgIpc) is 3.25. The van der Waals surface area contributed by atoms with Crippen LogP contribution in [0.4, 0.5) is 5.69 Å². The summed E-state index contributed by atoms with van der Waals surface area (Å²) in [5.74, 6) is 1.73.